The molecule has 0 spiro atoms. The zero-order valence-corrected chi connectivity index (χ0v) is 9.78. The number of ether oxygens (including phenoxy) is 2. The van der Waals surface area contributed by atoms with Crippen molar-refractivity contribution in [1.82, 2.24) is 4.57 Å². The van der Waals surface area contributed by atoms with Gasteiger partial charge in [0.2, 0.25) is 6.79 Å². The smallest absolute Gasteiger partial charge is 0.231 e. The molecule has 0 radical (unpaired) electrons. The maximum atomic E-state index is 5.50. The Morgan fingerprint density at radius 1 is 1.12 bits per heavy atom. The van der Waals surface area contributed by atoms with Crippen LogP contribution in [-0.4, -0.2) is 11.4 Å². The molecule has 0 saturated carbocycles. The van der Waals surface area contributed by atoms with Crippen LogP contribution in [0.25, 0.3) is 10.8 Å². The van der Waals surface area contributed by atoms with Crippen LogP contribution in [0.3, 0.4) is 0 Å². The van der Waals surface area contributed by atoms with E-state index in [1.807, 2.05) is 6.07 Å². The van der Waals surface area contributed by atoms with E-state index >= 15 is 0 Å². The molecule has 0 amide bonds. The van der Waals surface area contributed by atoms with Gasteiger partial charge in [0.1, 0.15) is 0 Å². The second-order valence-corrected chi connectivity index (χ2v) is 5.14. The zero-order chi connectivity index (χ0) is 11.3. The van der Waals surface area contributed by atoms with Crippen LogP contribution >= 0.6 is 0 Å². The Hall–Kier alpha value is -1.64. The van der Waals surface area contributed by atoms with Gasteiger partial charge < -0.3 is 14.0 Å². The minimum Gasteiger partial charge on any atom is -0.454 e. The van der Waals surface area contributed by atoms with E-state index < -0.39 is 0 Å². The molecule has 2 heterocycles. The highest BCUT2D eigenvalue weighted by Crippen LogP contribution is 2.40. The van der Waals surface area contributed by atoms with Gasteiger partial charge in [-0.05, 0) is 32.9 Å². The highest BCUT2D eigenvalue weighted by atomic mass is 16.7. The van der Waals surface area contributed by atoms with Gasteiger partial charge in [0, 0.05) is 28.7 Å². The normalized spacial score (nSPS) is 14.7. The summed E-state index contributed by atoms with van der Waals surface area (Å²) in [4.78, 5) is 0. The highest BCUT2D eigenvalue weighted by Gasteiger charge is 2.20. The molecule has 3 heteroatoms. The number of nitrogens with zero attached hydrogens (tertiary/aromatic N) is 1. The molecule has 0 unspecified atom stereocenters. The summed E-state index contributed by atoms with van der Waals surface area (Å²) in [5.41, 5.74) is 0.0887. The van der Waals surface area contributed by atoms with Crippen molar-refractivity contribution in [3.05, 3.63) is 24.5 Å². The monoisotopic (exact) mass is 217 g/mol. The molecule has 3 nitrogen and oxygen atoms in total. The lowest BCUT2D eigenvalue weighted by atomic mass is 10.1. The van der Waals surface area contributed by atoms with E-state index in [1.165, 1.54) is 5.39 Å². The van der Waals surface area contributed by atoms with E-state index in [2.05, 4.69) is 43.8 Å². The summed E-state index contributed by atoms with van der Waals surface area (Å²) in [6.45, 7) is 6.88. The molecule has 84 valence electrons. The van der Waals surface area contributed by atoms with Gasteiger partial charge in [-0.25, -0.2) is 0 Å². The van der Waals surface area contributed by atoms with Crippen LogP contribution in [0.1, 0.15) is 20.8 Å². The second kappa shape index (κ2) is 2.94. The largest absolute Gasteiger partial charge is 0.454 e. The number of benzene rings is 1. The van der Waals surface area contributed by atoms with Crippen LogP contribution in [-0.2, 0) is 5.54 Å². The van der Waals surface area contributed by atoms with E-state index in [9.17, 15) is 0 Å². The van der Waals surface area contributed by atoms with Crippen molar-refractivity contribution < 1.29 is 9.47 Å². The molecule has 1 aromatic heterocycles. The molecule has 2 aromatic rings. The molecule has 0 aliphatic carbocycles. The second-order valence-electron chi connectivity index (χ2n) is 5.14. The van der Waals surface area contributed by atoms with Crippen molar-refractivity contribution in [3.63, 3.8) is 0 Å². The van der Waals surface area contributed by atoms with E-state index in [0.29, 0.717) is 6.79 Å². The van der Waals surface area contributed by atoms with Crippen molar-refractivity contribution in [1.29, 1.82) is 0 Å². The first-order chi connectivity index (χ1) is 7.55. The van der Waals surface area contributed by atoms with Crippen LogP contribution < -0.4 is 9.47 Å². The van der Waals surface area contributed by atoms with Crippen LogP contribution in [0.5, 0.6) is 11.5 Å². The number of rotatable bonds is 0. The van der Waals surface area contributed by atoms with Crippen molar-refractivity contribution in [2.24, 2.45) is 0 Å². The van der Waals surface area contributed by atoms with E-state index in [0.717, 1.165) is 16.9 Å². The summed E-state index contributed by atoms with van der Waals surface area (Å²) in [6.07, 6.45) is 4.28. The summed E-state index contributed by atoms with van der Waals surface area (Å²) in [5, 5.41) is 2.32. The molecule has 0 atom stereocenters. The highest BCUT2D eigenvalue weighted by molar-refractivity contribution is 5.91. The molecule has 3 rings (SSSR count). The summed E-state index contributed by atoms with van der Waals surface area (Å²) in [7, 11) is 0. The summed E-state index contributed by atoms with van der Waals surface area (Å²) >= 11 is 0. The maximum absolute atomic E-state index is 5.50. The minimum atomic E-state index is 0.0887. The van der Waals surface area contributed by atoms with Crippen molar-refractivity contribution >= 4 is 10.8 Å². The third kappa shape index (κ3) is 1.28. The van der Waals surface area contributed by atoms with Gasteiger partial charge in [0.25, 0.3) is 0 Å². The van der Waals surface area contributed by atoms with Gasteiger partial charge in [0.05, 0.1) is 0 Å². The number of hydrogen-bond acceptors (Lipinski definition) is 2. The Kier molecular flexibility index (Phi) is 1.76. The third-order valence-corrected chi connectivity index (χ3v) is 2.93. The van der Waals surface area contributed by atoms with Crippen LogP contribution in [0, 0.1) is 0 Å². The lowest BCUT2D eigenvalue weighted by molar-refractivity contribution is 0.175. The number of aromatic nitrogens is 1. The predicted molar refractivity (Wildman–Crippen MR) is 63.1 cm³/mol. The summed E-state index contributed by atoms with van der Waals surface area (Å²) in [5.74, 6) is 1.72. The molecule has 0 saturated heterocycles. The van der Waals surface area contributed by atoms with Gasteiger partial charge in [-0.15, -0.1) is 0 Å². The van der Waals surface area contributed by atoms with Crippen LogP contribution in [0.2, 0.25) is 0 Å². The Bertz CT molecular complexity index is 549. The first-order valence-corrected chi connectivity index (χ1v) is 5.46. The van der Waals surface area contributed by atoms with Gasteiger partial charge in [-0.3, -0.25) is 0 Å². The third-order valence-electron chi connectivity index (χ3n) is 2.93. The minimum absolute atomic E-state index is 0.0887. The number of fused-ring (bicyclic) bond motifs is 3. The molecule has 16 heavy (non-hydrogen) atoms. The molecular weight excluding hydrogens is 202 g/mol. The maximum Gasteiger partial charge on any atom is 0.231 e. The van der Waals surface area contributed by atoms with E-state index in [-0.39, 0.29) is 5.54 Å². The van der Waals surface area contributed by atoms with Crippen LogP contribution in [0.4, 0.5) is 0 Å². The molecule has 1 aromatic carbocycles. The Labute approximate surface area is 94.6 Å². The lowest BCUT2D eigenvalue weighted by Crippen LogP contribution is -2.19. The molecule has 0 N–H and O–H groups in total. The lowest BCUT2D eigenvalue weighted by Gasteiger charge is -2.20. The fourth-order valence-electron chi connectivity index (χ4n) is 1.97. The van der Waals surface area contributed by atoms with Crippen molar-refractivity contribution in [3.8, 4) is 11.5 Å². The van der Waals surface area contributed by atoms with Gasteiger partial charge >= 0.3 is 0 Å². The average Bonchev–Trinajstić information content (AvgIpc) is 2.81. The molecular formula is C13H15NO2. The Morgan fingerprint density at radius 2 is 1.94 bits per heavy atom. The molecule has 1 aliphatic heterocycles. The fraction of sp³-hybridized carbons (Fsp3) is 0.385. The quantitative estimate of drug-likeness (QED) is 0.676. The standard InChI is InChI=1S/C13H15NO2/c1-13(2,3)14-6-9-4-5-11-12(10(9)7-14)16-8-15-11/h4-7H,8H2,1-3H3. The molecule has 0 bridgehead atoms. The topological polar surface area (TPSA) is 23.4 Å². The zero-order valence-electron chi connectivity index (χ0n) is 9.78. The van der Waals surface area contributed by atoms with Crippen molar-refractivity contribution in [2.75, 3.05) is 6.79 Å². The van der Waals surface area contributed by atoms with E-state index in [1.54, 1.807) is 0 Å². The van der Waals surface area contributed by atoms with E-state index in [4.69, 9.17) is 9.47 Å². The summed E-state index contributed by atoms with van der Waals surface area (Å²) in [6, 6.07) is 4.04. The predicted octanol–water partition coefficient (Wildman–Crippen LogP) is 3.13. The molecule has 0 fully saturated rings. The molecule has 1 aliphatic rings. The average molecular weight is 217 g/mol. The Morgan fingerprint density at radius 3 is 2.69 bits per heavy atom. The van der Waals surface area contributed by atoms with Crippen LogP contribution in [0.15, 0.2) is 24.5 Å². The first-order valence-electron chi connectivity index (χ1n) is 5.46. The van der Waals surface area contributed by atoms with Gasteiger partial charge in [-0.2, -0.15) is 0 Å². The van der Waals surface area contributed by atoms with Gasteiger partial charge in [-0.1, -0.05) is 0 Å². The summed E-state index contributed by atoms with van der Waals surface area (Å²) < 4.78 is 13.1. The van der Waals surface area contributed by atoms with Gasteiger partial charge in [0.15, 0.2) is 11.5 Å². The Balaban J connectivity index is 2.26. The fourth-order valence-corrected chi connectivity index (χ4v) is 1.97. The SMILES string of the molecule is CC(C)(C)n1cc2ccc3c(c2c1)OCO3. The first kappa shape index (κ1) is 9.58. The number of hydrogen-bond donors (Lipinski definition) is 0. The van der Waals surface area contributed by atoms with Crippen molar-refractivity contribution in [2.45, 2.75) is 26.3 Å².